The van der Waals surface area contributed by atoms with Crippen molar-refractivity contribution < 1.29 is 0 Å². The maximum atomic E-state index is 3.46. The van der Waals surface area contributed by atoms with E-state index in [-0.39, 0.29) is 0 Å². The Bertz CT molecular complexity index is 359. The summed E-state index contributed by atoms with van der Waals surface area (Å²) in [5, 5.41) is 8.60. The van der Waals surface area contributed by atoms with E-state index in [1.807, 2.05) is 0 Å². The fourth-order valence-electron chi connectivity index (χ4n) is 3.15. The van der Waals surface area contributed by atoms with Crippen molar-refractivity contribution in [3.05, 3.63) is 30.3 Å². The molecule has 0 amide bonds. The molecule has 1 aromatic carbocycles. The Labute approximate surface area is 110 Å². The predicted molar refractivity (Wildman–Crippen MR) is 75.6 cm³/mol. The molecule has 2 fully saturated rings. The average Bonchev–Trinajstić information content (AvgIpc) is 2.49. The van der Waals surface area contributed by atoms with E-state index >= 15 is 0 Å². The zero-order valence-electron chi connectivity index (χ0n) is 11.0. The van der Waals surface area contributed by atoms with Gasteiger partial charge in [-0.3, -0.25) is 0 Å². The van der Waals surface area contributed by atoms with Crippen molar-refractivity contribution in [1.29, 1.82) is 0 Å². The molecule has 3 nitrogen and oxygen atoms in total. The first-order chi connectivity index (χ1) is 8.95. The van der Waals surface area contributed by atoms with Crippen LogP contribution in [0.3, 0.4) is 0 Å². The van der Waals surface area contributed by atoms with Crippen molar-refractivity contribution in [2.75, 3.05) is 31.2 Å². The first-order valence-corrected chi connectivity index (χ1v) is 7.25. The minimum absolute atomic E-state index is 0.728. The third-order valence-corrected chi connectivity index (χ3v) is 4.10. The Morgan fingerprint density at radius 1 is 0.944 bits per heavy atom. The van der Waals surface area contributed by atoms with Gasteiger partial charge in [0.05, 0.1) is 5.69 Å². The van der Waals surface area contributed by atoms with E-state index in [0.717, 1.165) is 6.04 Å². The van der Waals surface area contributed by atoms with Gasteiger partial charge in [-0.05, 0) is 50.9 Å². The van der Waals surface area contributed by atoms with Gasteiger partial charge in [-0.1, -0.05) is 18.2 Å². The van der Waals surface area contributed by atoms with Gasteiger partial charge < -0.3 is 10.3 Å². The Balaban J connectivity index is 1.77. The molecule has 0 radical (unpaired) electrons. The largest absolute Gasteiger partial charge is 0.317 e. The molecule has 2 aliphatic rings. The first kappa shape index (κ1) is 12.0. The highest BCUT2D eigenvalue weighted by atomic mass is 15.6. The highest BCUT2D eigenvalue weighted by molar-refractivity contribution is 5.45. The van der Waals surface area contributed by atoms with Gasteiger partial charge in [0, 0.05) is 19.1 Å². The maximum absolute atomic E-state index is 3.46. The molecule has 3 heteroatoms. The topological polar surface area (TPSA) is 18.5 Å². The lowest BCUT2D eigenvalue weighted by Gasteiger charge is -2.46. The van der Waals surface area contributed by atoms with Crippen LogP contribution in [0.1, 0.15) is 25.7 Å². The molecule has 1 N–H and O–H groups in total. The molecule has 3 rings (SSSR count). The number of hydrogen-bond acceptors (Lipinski definition) is 3. The van der Waals surface area contributed by atoms with Crippen molar-refractivity contribution >= 4 is 5.69 Å². The lowest BCUT2D eigenvalue weighted by Crippen LogP contribution is -2.55. The molecule has 18 heavy (non-hydrogen) atoms. The van der Waals surface area contributed by atoms with Crippen LogP contribution in [-0.4, -0.2) is 37.2 Å². The van der Waals surface area contributed by atoms with Crippen molar-refractivity contribution in [2.45, 2.75) is 31.7 Å². The number of benzene rings is 1. The summed E-state index contributed by atoms with van der Waals surface area (Å²) in [6, 6.07) is 11.6. The van der Waals surface area contributed by atoms with Crippen molar-refractivity contribution in [2.24, 2.45) is 0 Å². The fourth-order valence-corrected chi connectivity index (χ4v) is 3.15. The minimum atomic E-state index is 0.728. The molecule has 0 atom stereocenters. The third kappa shape index (κ3) is 2.52. The summed E-state index contributed by atoms with van der Waals surface area (Å²) in [7, 11) is 0. The van der Waals surface area contributed by atoms with Gasteiger partial charge in [0.15, 0.2) is 0 Å². The average molecular weight is 245 g/mol. The number of hydrazine groups is 1. The van der Waals surface area contributed by atoms with Gasteiger partial charge in [-0.25, -0.2) is 5.01 Å². The molecular weight excluding hydrogens is 222 g/mol. The highest BCUT2D eigenvalue weighted by Gasteiger charge is 2.28. The number of nitrogens with zero attached hydrogens (tertiary/aromatic N) is 2. The Morgan fingerprint density at radius 3 is 2.44 bits per heavy atom. The summed E-state index contributed by atoms with van der Waals surface area (Å²) in [6.07, 6.45) is 5.22. The van der Waals surface area contributed by atoms with E-state index < -0.39 is 0 Å². The predicted octanol–water partition coefficient (Wildman–Crippen LogP) is 2.26. The molecule has 0 aromatic heterocycles. The maximum Gasteiger partial charge on any atom is 0.0522 e. The molecule has 0 unspecified atom stereocenters. The lowest BCUT2D eigenvalue weighted by molar-refractivity contribution is 0.123. The second-order valence-corrected chi connectivity index (χ2v) is 5.31. The SMILES string of the molecule is c1ccc(N2CCCCN2C2CCNCC2)cc1. The number of para-hydroxylation sites is 1. The summed E-state index contributed by atoms with van der Waals surface area (Å²) < 4.78 is 0. The number of rotatable bonds is 2. The van der Waals surface area contributed by atoms with E-state index in [1.54, 1.807) is 0 Å². The summed E-state index contributed by atoms with van der Waals surface area (Å²) >= 11 is 0. The molecule has 0 saturated carbocycles. The lowest BCUT2D eigenvalue weighted by atomic mass is 10.0. The van der Waals surface area contributed by atoms with Crippen LogP contribution in [0.4, 0.5) is 5.69 Å². The zero-order valence-corrected chi connectivity index (χ0v) is 11.0. The molecular formula is C15H23N3. The highest BCUT2D eigenvalue weighted by Crippen LogP contribution is 2.25. The van der Waals surface area contributed by atoms with Crippen molar-refractivity contribution in [3.63, 3.8) is 0 Å². The summed E-state index contributed by atoms with van der Waals surface area (Å²) in [5.74, 6) is 0. The molecule has 0 bridgehead atoms. The van der Waals surface area contributed by atoms with Gasteiger partial charge in [0.2, 0.25) is 0 Å². The van der Waals surface area contributed by atoms with Crippen LogP contribution in [0.15, 0.2) is 30.3 Å². The smallest absolute Gasteiger partial charge is 0.0522 e. The van der Waals surface area contributed by atoms with Crippen LogP contribution in [0.5, 0.6) is 0 Å². The van der Waals surface area contributed by atoms with Crippen molar-refractivity contribution in [1.82, 2.24) is 10.3 Å². The fraction of sp³-hybridized carbons (Fsp3) is 0.600. The monoisotopic (exact) mass is 245 g/mol. The van der Waals surface area contributed by atoms with E-state index in [0.29, 0.717) is 0 Å². The van der Waals surface area contributed by atoms with Gasteiger partial charge in [0.1, 0.15) is 0 Å². The van der Waals surface area contributed by atoms with Gasteiger partial charge >= 0.3 is 0 Å². The van der Waals surface area contributed by atoms with Crippen LogP contribution in [-0.2, 0) is 0 Å². The molecule has 98 valence electrons. The Morgan fingerprint density at radius 2 is 1.67 bits per heavy atom. The molecule has 2 saturated heterocycles. The number of nitrogens with one attached hydrogen (secondary N) is 1. The molecule has 0 aliphatic carbocycles. The standard InChI is InChI=1S/C15H23N3/c1-2-6-14(7-3-1)17-12-4-5-13-18(17)15-8-10-16-11-9-15/h1-3,6-7,15-16H,4-5,8-13H2. The van der Waals surface area contributed by atoms with Crippen LogP contribution in [0.2, 0.25) is 0 Å². The number of anilines is 1. The molecule has 0 spiro atoms. The number of hydrogen-bond donors (Lipinski definition) is 1. The van der Waals surface area contributed by atoms with E-state index in [9.17, 15) is 0 Å². The van der Waals surface area contributed by atoms with E-state index in [1.165, 1.54) is 57.5 Å². The molecule has 1 aromatic rings. The first-order valence-electron chi connectivity index (χ1n) is 7.25. The zero-order chi connectivity index (χ0) is 12.2. The molecule has 2 aliphatic heterocycles. The van der Waals surface area contributed by atoms with Gasteiger partial charge in [0.25, 0.3) is 0 Å². The van der Waals surface area contributed by atoms with E-state index in [2.05, 4.69) is 45.7 Å². The number of piperidine rings is 1. The Hall–Kier alpha value is -1.06. The van der Waals surface area contributed by atoms with Crippen LogP contribution in [0.25, 0.3) is 0 Å². The van der Waals surface area contributed by atoms with Crippen LogP contribution < -0.4 is 10.3 Å². The van der Waals surface area contributed by atoms with Gasteiger partial charge in [-0.15, -0.1) is 0 Å². The second kappa shape index (κ2) is 5.72. The van der Waals surface area contributed by atoms with Gasteiger partial charge in [-0.2, -0.15) is 0 Å². The van der Waals surface area contributed by atoms with Crippen LogP contribution in [0, 0.1) is 0 Å². The minimum Gasteiger partial charge on any atom is -0.317 e. The van der Waals surface area contributed by atoms with E-state index in [4.69, 9.17) is 0 Å². The quantitative estimate of drug-likeness (QED) is 0.862. The van der Waals surface area contributed by atoms with Crippen LogP contribution >= 0.6 is 0 Å². The summed E-state index contributed by atoms with van der Waals surface area (Å²) in [6.45, 7) is 4.74. The molecule has 2 heterocycles. The summed E-state index contributed by atoms with van der Waals surface area (Å²) in [5.41, 5.74) is 1.36. The summed E-state index contributed by atoms with van der Waals surface area (Å²) in [4.78, 5) is 0. The Kier molecular flexibility index (Phi) is 3.81. The normalized spacial score (nSPS) is 23.2. The third-order valence-electron chi connectivity index (χ3n) is 4.10. The second-order valence-electron chi connectivity index (χ2n) is 5.31. The van der Waals surface area contributed by atoms with Crippen molar-refractivity contribution in [3.8, 4) is 0 Å².